The molecule has 0 saturated heterocycles. The van der Waals surface area contributed by atoms with Crippen molar-refractivity contribution in [3.8, 4) is 17.2 Å². The Morgan fingerprint density at radius 2 is 1.65 bits per heavy atom. The van der Waals surface area contributed by atoms with Gasteiger partial charge in [-0.05, 0) is 90.3 Å². The lowest BCUT2D eigenvalue weighted by Gasteiger charge is -2.39. The van der Waals surface area contributed by atoms with Crippen LogP contribution in [0.15, 0.2) is 59.8 Å². The van der Waals surface area contributed by atoms with Crippen molar-refractivity contribution in [3.63, 3.8) is 0 Å². The van der Waals surface area contributed by atoms with Crippen LogP contribution in [-0.4, -0.2) is 55.9 Å². The maximum Gasteiger partial charge on any atom is 0.573 e. The molecule has 1 aliphatic heterocycles. The van der Waals surface area contributed by atoms with Crippen LogP contribution in [0.1, 0.15) is 83.5 Å². The minimum Gasteiger partial charge on any atom is -0.497 e. The lowest BCUT2D eigenvalue weighted by atomic mass is 9.66. The number of oxime groups is 1. The molecule has 2 aliphatic rings. The number of amides is 1. The Morgan fingerprint density at radius 1 is 0.942 bits per heavy atom. The van der Waals surface area contributed by atoms with E-state index in [1.165, 1.54) is 31.3 Å². The highest BCUT2D eigenvalue weighted by molar-refractivity contribution is 6.30. The number of hydrogen-bond acceptors (Lipinski definition) is 9. The van der Waals surface area contributed by atoms with E-state index in [0.717, 1.165) is 24.8 Å². The first-order chi connectivity index (χ1) is 24.2. The van der Waals surface area contributed by atoms with Gasteiger partial charge in [-0.1, -0.05) is 35.3 Å². The number of carbonyl (C=O) groups is 2. The van der Waals surface area contributed by atoms with Gasteiger partial charge >= 0.3 is 12.3 Å². The Hall–Kier alpha value is -4.65. The standard InChI is InChI=1S/C38H43ClF3N3O7/c1-22(44-52-36(5,6)34(47)51-35(2,3)4)23-16-25(19-27(17-23)48-7)43-32(28-12-10-24(39)18-31(28)49-8)33(46)45-21-37(14-9-15-37)29-13-11-26(20-30(29)45)50-38(40,41)42/h10-13,16-20,32,43H,9,14-15,21H2,1-8H3. The molecule has 0 bridgehead atoms. The summed E-state index contributed by atoms with van der Waals surface area (Å²) in [4.78, 5) is 34.8. The number of carbonyl (C=O) groups excluding carboxylic acids is 2. The molecule has 1 unspecified atom stereocenters. The zero-order valence-electron chi connectivity index (χ0n) is 30.4. The number of halogens is 4. The summed E-state index contributed by atoms with van der Waals surface area (Å²) in [6.07, 6.45) is -2.40. The van der Waals surface area contributed by atoms with Crippen LogP contribution in [0, 0.1) is 0 Å². The summed E-state index contributed by atoms with van der Waals surface area (Å²) >= 11 is 6.30. The molecule has 1 heterocycles. The number of rotatable bonds is 11. The van der Waals surface area contributed by atoms with Crippen LogP contribution < -0.4 is 24.4 Å². The number of nitrogens with one attached hydrogen (secondary N) is 1. The molecular weight excluding hydrogens is 703 g/mol. The topological polar surface area (TPSA) is 108 Å². The monoisotopic (exact) mass is 745 g/mol. The fraction of sp³-hybridized carbons (Fsp3) is 0.447. The predicted molar refractivity (Wildman–Crippen MR) is 192 cm³/mol. The molecule has 5 rings (SSSR count). The Morgan fingerprint density at radius 3 is 2.25 bits per heavy atom. The van der Waals surface area contributed by atoms with Gasteiger partial charge in [-0.25, -0.2) is 4.79 Å². The third-order valence-electron chi connectivity index (χ3n) is 9.03. The van der Waals surface area contributed by atoms with E-state index in [9.17, 15) is 22.8 Å². The number of esters is 1. The average Bonchev–Trinajstić information content (AvgIpc) is 3.39. The second-order valence-corrected chi connectivity index (χ2v) is 14.9. The van der Waals surface area contributed by atoms with Crippen molar-refractivity contribution in [2.75, 3.05) is 31.0 Å². The third-order valence-corrected chi connectivity index (χ3v) is 9.26. The normalized spacial score (nSPS) is 16.1. The molecule has 52 heavy (non-hydrogen) atoms. The third kappa shape index (κ3) is 8.52. The molecule has 10 nitrogen and oxygen atoms in total. The Balaban J connectivity index is 1.53. The first kappa shape index (κ1) is 38.6. The highest BCUT2D eigenvalue weighted by atomic mass is 35.5. The quantitative estimate of drug-likeness (QED) is 0.118. The number of methoxy groups -OCH3 is 2. The fourth-order valence-electron chi connectivity index (χ4n) is 6.28. The van der Waals surface area contributed by atoms with E-state index in [4.69, 9.17) is 30.6 Å². The van der Waals surface area contributed by atoms with Crippen molar-refractivity contribution in [2.24, 2.45) is 5.16 Å². The van der Waals surface area contributed by atoms with E-state index in [0.29, 0.717) is 44.7 Å². The van der Waals surface area contributed by atoms with Crippen LogP contribution in [0.5, 0.6) is 17.2 Å². The summed E-state index contributed by atoms with van der Waals surface area (Å²) in [5.74, 6) is -0.703. The van der Waals surface area contributed by atoms with Crippen molar-refractivity contribution >= 4 is 40.6 Å². The summed E-state index contributed by atoms with van der Waals surface area (Å²) in [6.45, 7) is 10.3. The van der Waals surface area contributed by atoms with Crippen molar-refractivity contribution in [1.29, 1.82) is 0 Å². The van der Waals surface area contributed by atoms with Crippen LogP contribution >= 0.6 is 11.6 Å². The maximum absolute atomic E-state index is 14.8. The highest BCUT2D eigenvalue weighted by Crippen LogP contribution is 2.54. The largest absolute Gasteiger partial charge is 0.573 e. The van der Waals surface area contributed by atoms with Crippen molar-refractivity contribution in [2.45, 2.75) is 89.8 Å². The molecule has 0 radical (unpaired) electrons. The number of anilines is 2. The van der Waals surface area contributed by atoms with Crippen molar-refractivity contribution < 1.29 is 46.5 Å². The summed E-state index contributed by atoms with van der Waals surface area (Å²) in [7, 11) is 2.94. The Kier molecular flexibility index (Phi) is 10.7. The van der Waals surface area contributed by atoms with Crippen LogP contribution in [0.3, 0.4) is 0 Å². The molecule has 0 aromatic heterocycles. The van der Waals surface area contributed by atoms with Gasteiger partial charge < -0.3 is 34.0 Å². The summed E-state index contributed by atoms with van der Waals surface area (Å²) in [5, 5.41) is 7.93. The molecule has 1 saturated carbocycles. The van der Waals surface area contributed by atoms with E-state index in [2.05, 4.69) is 15.2 Å². The summed E-state index contributed by atoms with van der Waals surface area (Å²) < 4.78 is 60.7. The van der Waals surface area contributed by atoms with Gasteiger partial charge in [0.1, 0.15) is 28.9 Å². The van der Waals surface area contributed by atoms with Gasteiger partial charge in [0.05, 0.1) is 25.6 Å². The number of fused-ring (bicyclic) bond motifs is 2. The van der Waals surface area contributed by atoms with Gasteiger partial charge in [-0.15, -0.1) is 13.2 Å². The molecule has 1 spiro atoms. The Labute approximate surface area is 306 Å². The second kappa shape index (κ2) is 14.4. The zero-order chi connectivity index (χ0) is 38.2. The van der Waals surface area contributed by atoms with Gasteiger partial charge in [0.15, 0.2) is 0 Å². The van der Waals surface area contributed by atoms with Gasteiger partial charge in [0.2, 0.25) is 5.60 Å². The number of ether oxygens (including phenoxy) is 4. The maximum atomic E-state index is 14.8. The van der Waals surface area contributed by atoms with Crippen LogP contribution in [0.2, 0.25) is 5.02 Å². The molecule has 3 aromatic carbocycles. The van der Waals surface area contributed by atoms with Gasteiger partial charge in [0.25, 0.3) is 5.91 Å². The molecule has 1 aliphatic carbocycles. The van der Waals surface area contributed by atoms with E-state index < -0.39 is 41.2 Å². The van der Waals surface area contributed by atoms with Crippen molar-refractivity contribution in [3.05, 3.63) is 76.3 Å². The van der Waals surface area contributed by atoms with E-state index >= 15 is 0 Å². The number of alkyl halides is 3. The van der Waals surface area contributed by atoms with E-state index in [1.54, 1.807) is 84.0 Å². The fourth-order valence-corrected chi connectivity index (χ4v) is 6.44. The van der Waals surface area contributed by atoms with Gasteiger partial charge in [0, 0.05) is 45.9 Å². The number of hydrogen-bond donors (Lipinski definition) is 1. The van der Waals surface area contributed by atoms with Gasteiger partial charge in [-0.2, -0.15) is 0 Å². The first-order valence-electron chi connectivity index (χ1n) is 16.7. The second-order valence-electron chi connectivity index (χ2n) is 14.5. The van der Waals surface area contributed by atoms with Crippen LogP contribution in [0.25, 0.3) is 0 Å². The molecule has 1 fully saturated rings. The van der Waals surface area contributed by atoms with Crippen LogP contribution in [-0.2, 0) is 24.6 Å². The minimum absolute atomic E-state index is 0.282. The van der Waals surface area contributed by atoms with Crippen molar-refractivity contribution in [1.82, 2.24) is 0 Å². The van der Waals surface area contributed by atoms with E-state index in [1.807, 2.05) is 0 Å². The van der Waals surface area contributed by atoms with Crippen LogP contribution in [0.4, 0.5) is 24.5 Å². The molecule has 1 N–H and O–H groups in total. The molecule has 280 valence electrons. The zero-order valence-corrected chi connectivity index (χ0v) is 31.1. The first-order valence-corrected chi connectivity index (χ1v) is 17.1. The lowest BCUT2D eigenvalue weighted by molar-refractivity contribution is -0.274. The minimum atomic E-state index is -4.90. The number of nitrogens with zero attached hydrogens (tertiary/aromatic N) is 2. The van der Waals surface area contributed by atoms with Gasteiger partial charge in [-0.3, -0.25) is 4.79 Å². The SMILES string of the molecule is COc1cc(NC(C(=O)N2CC3(CCC3)c3ccc(OC(F)(F)F)cc32)c2ccc(Cl)cc2OC)cc(C(C)=NOC(C)(C)C(=O)OC(C)(C)C)c1. The molecule has 1 atom stereocenters. The Bertz CT molecular complexity index is 1870. The molecule has 3 aromatic rings. The van der Waals surface area contributed by atoms with E-state index in [-0.39, 0.29) is 12.0 Å². The number of benzene rings is 3. The smallest absolute Gasteiger partial charge is 0.497 e. The molecule has 1 amide bonds. The summed E-state index contributed by atoms with van der Waals surface area (Å²) in [6, 6.07) is 13.1. The summed E-state index contributed by atoms with van der Waals surface area (Å²) in [5.41, 5.74) is 0.475. The average molecular weight is 746 g/mol. The molecular formula is C38H43ClF3N3O7. The molecule has 14 heteroatoms. The predicted octanol–water partition coefficient (Wildman–Crippen LogP) is 8.74. The lowest BCUT2D eigenvalue weighted by Crippen LogP contribution is -2.44. The highest BCUT2D eigenvalue weighted by Gasteiger charge is 2.50.